The van der Waals surface area contributed by atoms with Crippen LogP contribution in [0.4, 0.5) is 23.7 Å². The van der Waals surface area contributed by atoms with Crippen LogP contribution in [0.3, 0.4) is 0 Å². The highest BCUT2D eigenvalue weighted by molar-refractivity contribution is 5.90. The molecule has 34 heavy (non-hydrogen) atoms. The number of hydrogen-bond acceptors (Lipinski definition) is 4. The maximum atomic E-state index is 12.7. The smallest absolute Gasteiger partial charge is 0.481 e. The largest absolute Gasteiger partial charge is 0.573 e. The Morgan fingerprint density at radius 1 is 0.912 bits per heavy atom. The predicted molar refractivity (Wildman–Crippen MR) is 115 cm³/mol. The van der Waals surface area contributed by atoms with Crippen molar-refractivity contribution in [1.82, 2.24) is 5.32 Å². The SMILES string of the molecule is O=C(Nc1ccc(OC(F)(F)F)cc1)NC(c1ccc(C(=O)O)cc1)C1CCC(C(=O)O)CC1. The van der Waals surface area contributed by atoms with Crippen molar-refractivity contribution in [3.05, 3.63) is 59.7 Å². The molecule has 0 aromatic heterocycles. The second-order valence-electron chi connectivity index (χ2n) is 8.03. The van der Waals surface area contributed by atoms with Gasteiger partial charge >= 0.3 is 24.3 Å². The molecule has 182 valence electrons. The molecule has 1 fully saturated rings. The monoisotopic (exact) mass is 480 g/mol. The molecule has 0 saturated heterocycles. The lowest BCUT2D eigenvalue weighted by molar-refractivity contribution is -0.274. The third-order valence-electron chi connectivity index (χ3n) is 5.74. The summed E-state index contributed by atoms with van der Waals surface area (Å²) in [5.41, 5.74) is 0.983. The molecule has 2 aromatic carbocycles. The number of benzene rings is 2. The molecule has 0 radical (unpaired) electrons. The van der Waals surface area contributed by atoms with Crippen LogP contribution in [0.2, 0.25) is 0 Å². The lowest BCUT2D eigenvalue weighted by Gasteiger charge is -2.33. The maximum absolute atomic E-state index is 12.7. The molecule has 8 nitrogen and oxygen atoms in total. The molecule has 1 aliphatic carbocycles. The Balaban J connectivity index is 1.72. The van der Waals surface area contributed by atoms with Gasteiger partial charge in [0.2, 0.25) is 0 Å². The number of aromatic carboxylic acids is 1. The van der Waals surface area contributed by atoms with E-state index in [-0.39, 0.29) is 17.2 Å². The van der Waals surface area contributed by atoms with Gasteiger partial charge in [0, 0.05) is 5.69 Å². The maximum Gasteiger partial charge on any atom is 0.573 e. The molecule has 0 bridgehead atoms. The van der Waals surface area contributed by atoms with Crippen LogP contribution in [0.5, 0.6) is 5.75 Å². The van der Waals surface area contributed by atoms with E-state index in [1.54, 1.807) is 12.1 Å². The first-order valence-corrected chi connectivity index (χ1v) is 10.5. The summed E-state index contributed by atoms with van der Waals surface area (Å²) in [5.74, 6) is -2.90. The molecular formula is C23H23F3N2O6. The van der Waals surface area contributed by atoms with Crippen molar-refractivity contribution in [3.63, 3.8) is 0 Å². The standard InChI is InChI=1S/C23H23F3N2O6/c24-23(25,26)34-18-11-9-17(10-12-18)27-22(33)28-19(13-1-5-15(6-2-13)20(29)30)14-3-7-16(8-4-14)21(31)32/h1-2,5-6,9-12,14,16,19H,3-4,7-8H2,(H,29,30)(H,31,32)(H2,27,28,33). The average Bonchev–Trinajstić information content (AvgIpc) is 2.78. The van der Waals surface area contributed by atoms with Gasteiger partial charge in [-0.3, -0.25) is 4.79 Å². The van der Waals surface area contributed by atoms with Gasteiger partial charge in [0.25, 0.3) is 0 Å². The number of aliphatic carboxylic acids is 1. The number of urea groups is 1. The van der Waals surface area contributed by atoms with Crippen LogP contribution in [0.1, 0.15) is 47.6 Å². The van der Waals surface area contributed by atoms with E-state index in [0.29, 0.717) is 31.2 Å². The minimum atomic E-state index is -4.82. The van der Waals surface area contributed by atoms with Gasteiger partial charge in [-0.05, 0) is 73.6 Å². The molecule has 2 aromatic rings. The highest BCUT2D eigenvalue weighted by Crippen LogP contribution is 2.37. The van der Waals surface area contributed by atoms with Crippen molar-refractivity contribution in [1.29, 1.82) is 0 Å². The molecule has 1 saturated carbocycles. The summed E-state index contributed by atoms with van der Waals surface area (Å²) in [6.45, 7) is 0. The van der Waals surface area contributed by atoms with E-state index in [9.17, 15) is 32.7 Å². The number of amides is 2. The first kappa shape index (κ1) is 24.9. The molecule has 0 spiro atoms. The molecule has 1 unspecified atom stereocenters. The van der Waals surface area contributed by atoms with Gasteiger partial charge in [0.1, 0.15) is 5.75 Å². The van der Waals surface area contributed by atoms with E-state index >= 15 is 0 Å². The fourth-order valence-electron chi connectivity index (χ4n) is 4.05. The van der Waals surface area contributed by atoms with Crippen LogP contribution >= 0.6 is 0 Å². The Labute approximate surface area is 192 Å². The van der Waals surface area contributed by atoms with Gasteiger partial charge in [-0.15, -0.1) is 13.2 Å². The summed E-state index contributed by atoms with van der Waals surface area (Å²) >= 11 is 0. The molecule has 0 aliphatic heterocycles. The number of anilines is 1. The topological polar surface area (TPSA) is 125 Å². The van der Waals surface area contributed by atoms with Crippen molar-refractivity contribution >= 4 is 23.7 Å². The zero-order valence-corrected chi connectivity index (χ0v) is 17.8. The lowest BCUT2D eigenvalue weighted by atomic mass is 9.76. The number of halogens is 3. The molecule has 1 aliphatic rings. The summed E-state index contributed by atoms with van der Waals surface area (Å²) < 4.78 is 40.7. The van der Waals surface area contributed by atoms with Crippen molar-refractivity contribution in [2.24, 2.45) is 11.8 Å². The third kappa shape index (κ3) is 6.87. The number of rotatable bonds is 7. The number of hydrogen-bond donors (Lipinski definition) is 4. The Hall–Kier alpha value is -3.76. The van der Waals surface area contributed by atoms with Crippen LogP contribution in [-0.4, -0.2) is 34.5 Å². The van der Waals surface area contributed by atoms with Crippen molar-refractivity contribution < 1.29 is 42.5 Å². The van der Waals surface area contributed by atoms with Gasteiger partial charge in [-0.1, -0.05) is 12.1 Å². The zero-order chi connectivity index (χ0) is 24.9. The average molecular weight is 480 g/mol. The second kappa shape index (κ2) is 10.4. The van der Waals surface area contributed by atoms with E-state index in [1.807, 2.05) is 0 Å². The Morgan fingerprint density at radius 3 is 2.00 bits per heavy atom. The lowest BCUT2D eigenvalue weighted by Crippen LogP contribution is -2.38. The predicted octanol–water partition coefficient (Wildman–Crippen LogP) is 5.04. The summed E-state index contributed by atoms with van der Waals surface area (Å²) in [5, 5.41) is 23.8. The molecule has 1 atom stereocenters. The molecule has 4 N–H and O–H groups in total. The number of carbonyl (C=O) groups is 3. The molecule has 0 heterocycles. The Kier molecular flexibility index (Phi) is 7.64. The van der Waals surface area contributed by atoms with E-state index in [1.165, 1.54) is 24.3 Å². The molecule has 11 heteroatoms. The number of nitrogens with one attached hydrogen (secondary N) is 2. The first-order chi connectivity index (χ1) is 16.0. The molecule has 2 amide bonds. The fraction of sp³-hybridized carbons (Fsp3) is 0.348. The van der Waals surface area contributed by atoms with Crippen molar-refractivity contribution in [2.45, 2.75) is 38.1 Å². The molecular weight excluding hydrogens is 457 g/mol. The van der Waals surface area contributed by atoms with Crippen molar-refractivity contribution in [2.75, 3.05) is 5.32 Å². The van der Waals surface area contributed by atoms with E-state index in [4.69, 9.17) is 5.11 Å². The summed E-state index contributed by atoms with van der Waals surface area (Å²) in [4.78, 5) is 35.1. The normalized spacial score (nSPS) is 19.0. The number of alkyl halides is 3. The minimum Gasteiger partial charge on any atom is -0.481 e. The van der Waals surface area contributed by atoms with Gasteiger partial charge in [0.15, 0.2) is 0 Å². The zero-order valence-electron chi connectivity index (χ0n) is 17.8. The second-order valence-corrected chi connectivity index (χ2v) is 8.03. The van der Waals surface area contributed by atoms with Crippen LogP contribution < -0.4 is 15.4 Å². The summed E-state index contributed by atoms with van der Waals surface area (Å²) in [7, 11) is 0. The van der Waals surface area contributed by atoms with Crippen LogP contribution in [-0.2, 0) is 4.79 Å². The van der Waals surface area contributed by atoms with Gasteiger partial charge in [-0.25, -0.2) is 9.59 Å². The highest BCUT2D eigenvalue weighted by Gasteiger charge is 2.33. The number of carbonyl (C=O) groups excluding carboxylic acids is 1. The Morgan fingerprint density at radius 2 is 1.50 bits per heavy atom. The van der Waals surface area contributed by atoms with E-state index in [2.05, 4.69) is 15.4 Å². The van der Waals surface area contributed by atoms with E-state index < -0.39 is 42.0 Å². The highest BCUT2D eigenvalue weighted by atomic mass is 19.4. The molecule has 3 rings (SSSR count). The van der Waals surface area contributed by atoms with Crippen LogP contribution in [0.25, 0.3) is 0 Å². The van der Waals surface area contributed by atoms with Gasteiger partial charge < -0.3 is 25.6 Å². The van der Waals surface area contributed by atoms with E-state index in [0.717, 1.165) is 12.1 Å². The number of carboxylic acid groups (broad SMARTS) is 2. The van der Waals surface area contributed by atoms with Crippen molar-refractivity contribution in [3.8, 4) is 5.75 Å². The first-order valence-electron chi connectivity index (χ1n) is 10.5. The summed E-state index contributed by atoms with van der Waals surface area (Å²) in [6, 6.07) is 9.56. The van der Waals surface area contributed by atoms with Gasteiger partial charge in [0.05, 0.1) is 17.5 Å². The summed E-state index contributed by atoms with van der Waals surface area (Å²) in [6.07, 6.45) is -2.82. The minimum absolute atomic E-state index is 0.0837. The number of carboxylic acids is 2. The third-order valence-corrected chi connectivity index (χ3v) is 5.74. The van der Waals surface area contributed by atoms with Crippen LogP contribution in [0.15, 0.2) is 48.5 Å². The fourth-order valence-corrected chi connectivity index (χ4v) is 4.05. The quantitative estimate of drug-likeness (QED) is 0.440. The van der Waals surface area contributed by atoms with Crippen LogP contribution in [0, 0.1) is 11.8 Å². The number of ether oxygens (including phenoxy) is 1. The Bertz CT molecular complexity index is 1020. The van der Waals surface area contributed by atoms with Gasteiger partial charge in [-0.2, -0.15) is 0 Å².